The summed E-state index contributed by atoms with van der Waals surface area (Å²) < 4.78 is 0. The van der Waals surface area contributed by atoms with E-state index in [0.717, 1.165) is 39.3 Å². The van der Waals surface area contributed by atoms with Gasteiger partial charge in [0.2, 0.25) is 5.91 Å². The van der Waals surface area contributed by atoms with Gasteiger partial charge >= 0.3 is 0 Å². The summed E-state index contributed by atoms with van der Waals surface area (Å²) in [5.41, 5.74) is 1.31. The van der Waals surface area contributed by atoms with E-state index in [4.69, 9.17) is 0 Å². The number of anilines is 1. The molecule has 0 spiro atoms. The Balaban J connectivity index is 1.71. The standard InChI is InChI=1S/C16H25N3OS/c1-17(16(20)14-21-2)8-9-18-10-12-19(13-11-18)15-6-4-3-5-7-15/h3-7H,8-14H2,1-2H3. The number of likely N-dealkylation sites (N-methyl/N-ethyl adjacent to an activating group) is 1. The molecule has 116 valence electrons. The Morgan fingerprint density at radius 2 is 1.86 bits per heavy atom. The lowest BCUT2D eigenvalue weighted by molar-refractivity contribution is -0.127. The van der Waals surface area contributed by atoms with E-state index in [2.05, 4.69) is 40.1 Å². The molecule has 1 amide bonds. The molecule has 1 heterocycles. The molecular weight excluding hydrogens is 282 g/mol. The number of nitrogens with zero attached hydrogens (tertiary/aromatic N) is 3. The van der Waals surface area contributed by atoms with Crippen LogP contribution in [0.3, 0.4) is 0 Å². The average Bonchev–Trinajstić information content (AvgIpc) is 2.54. The lowest BCUT2D eigenvalue weighted by atomic mass is 10.2. The van der Waals surface area contributed by atoms with Gasteiger partial charge in [0, 0.05) is 52.0 Å². The van der Waals surface area contributed by atoms with Crippen LogP contribution in [0, 0.1) is 0 Å². The highest BCUT2D eigenvalue weighted by molar-refractivity contribution is 7.99. The van der Waals surface area contributed by atoms with Gasteiger partial charge in [-0.05, 0) is 18.4 Å². The normalized spacial score (nSPS) is 16.0. The summed E-state index contributed by atoms with van der Waals surface area (Å²) in [5.74, 6) is 0.809. The van der Waals surface area contributed by atoms with Crippen molar-refractivity contribution in [2.45, 2.75) is 0 Å². The molecule has 2 rings (SSSR count). The third kappa shape index (κ3) is 4.93. The summed E-state index contributed by atoms with van der Waals surface area (Å²) in [5, 5.41) is 0. The molecule has 0 N–H and O–H groups in total. The number of benzene rings is 1. The van der Waals surface area contributed by atoms with E-state index in [-0.39, 0.29) is 5.91 Å². The number of para-hydroxylation sites is 1. The van der Waals surface area contributed by atoms with E-state index in [1.54, 1.807) is 11.8 Å². The van der Waals surface area contributed by atoms with Gasteiger partial charge < -0.3 is 9.80 Å². The predicted molar refractivity (Wildman–Crippen MR) is 91.1 cm³/mol. The number of hydrogen-bond acceptors (Lipinski definition) is 4. The van der Waals surface area contributed by atoms with Crippen LogP contribution in [0.4, 0.5) is 5.69 Å². The monoisotopic (exact) mass is 307 g/mol. The van der Waals surface area contributed by atoms with Crippen molar-refractivity contribution < 1.29 is 4.79 Å². The molecule has 0 radical (unpaired) electrons. The van der Waals surface area contributed by atoms with Gasteiger partial charge in [0.1, 0.15) is 0 Å². The number of carbonyl (C=O) groups excluding carboxylic acids is 1. The third-order valence-corrected chi connectivity index (χ3v) is 4.47. The smallest absolute Gasteiger partial charge is 0.232 e. The first kappa shape index (κ1) is 16.2. The zero-order valence-electron chi connectivity index (χ0n) is 13.0. The van der Waals surface area contributed by atoms with Crippen LogP contribution < -0.4 is 4.90 Å². The fraction of sp³-hybridized carbons (Fsp3) is 0.562. The van der Waals surface area contributed by atoms with E-state index in [1.165, 1.54) is 5.69 Å². The Hall–Kier alpha value is -1.20. The number of hydrogen-bond donors (Lipinski definition) is 0. The number of thioether (sulfide) groups is 1. The minimum Gasteiger partial charge on any atom is -0.369 e. The van der Waals surface area contributed by atoms with Gasteiger partial charge in [0.25, 0.3) is 0 Å². The summed E-state index contributed by atoms with van der Waals surface area (Å²) in [6.07, 6.45) is 1.97. The van der Waals surface area contributed by atoms with Crippen LogP contribution in [0.5, 0.6) is 0 Å². The molecule has 1 aromatic rings. The first-order valence-electron chi connectivity index (χ1n) is 7.46. The van der Waals surface area contributed by atoms with Crippen LogP contribution in [0.25, 0.3) is 0 Å². The van der Waals surface area contributed by atoms with Gasteiger partial charge in [-0.2, -0.15) is 11.8 Å². The van der Waals surface area contributed by atoms with E-state index in [1.807, 2.05) is 18.2 Å². The highest BCUT2D eigenvalue weighted by atomic mass is 32.2. The van der Waals surface area contributed by atoms with Crippen molar-refractivity contribution in [3.05, 3.63) is 30.3 Å². The van der Waals surface area contributed by atoms with Crippen LogP contribution in [0.1, 0.15) is 0 Å². The number of carbonyl (C=O) groups is 1. The summed E-state index contributed by atoms with van der Waals surface area (Å²) in [6, 6.07) is 10.6. The lowest BCUT2D eigenvalue weighted by Crippen LogP contribution is -2.48. The molecular formula is C16H25N3OS. The Labute approximate surface area is 132 Å². The van der Waals surface area contributed by atoms with Crippen LogP contribution in [-0.2, 0) is 4.79 Å². The molecule has 1 fully saturated rings. The topological polar surface area (TPSA) is 26.8 Å². The predicted octanol–water partition coefficient (Wildman–Crippen LogP) is 1.63. The molecule has 0 aromatic heterocycles. The van der Waals surface area contributed by atoms with E-state index < -0.39 is 0 Å². The van der Waals surface area contributed by atoms with Crippen molar-refractivity contribution in [1.82, 2.24) is 9.80 Å². The highest BCUT2D eigenvalue weighted by Crippen LogP contribution is 2.15. The number of amides is 1. The largest absolute Gasteiger partial charge is 0.369 e. The zero-order valence-corrected chi connectivity index (χ0v) is 13.8. The van der Waals surface area contributed by atoms with Crippen molar-refractivity contribution in [2.24, 2.45) is 0 Å². The van der Waals surface area contributed by atoms with Crippen molar-refractivity contribution >= 4 is 23.4 Å². The minimum atomic E-state index is 0.227. The number of piperazine rings is 1. The molecule has 0 atom stereocenters. The molecule has 0 saturated carbocycles. The summed E-state index contributed by atoms with van der Waals surface area (Å²) >= 11 is 1.59. The SMILES string of the molecule is CSCC(=O)N(C)CCN1CCN(c2ccccc2)CC1. The Morgan fingerprint density at radius 3 is 2.48 bits per heavy atom. The molecule has 1 aliphatic rings. The summed E-state index contributed by atoms with van der Waals surface area (Å²) in [4.78, 5) is 18.5. The maximum Gasteiger partial charge on any atom is 0.232 e. The molecule has 1 aliphatic heterocycles. The molecule has 0 unspecified atom stereocenters. The van der Waals surface area contributed by atoms with Crippen molar-refractivity contribution in [3.63, 3.8) is 0 Å². The minimum absolute atomic E-state index is 0.227. The maximum absolute atomic E-state index is 11.7. The first-order chi connectivity index (χ1) is 10.2. The Kier molecular flexibility index (Phi) is 6.39. The van der Waals surface area contributed by atoms with Gasteiger partial charge in [-0.15, -0.1) is 0 Å². The molecule has 0 aliphatic carbocycles. The van der Waals surface area contributed by atoms with Crippen LogP contribution in [0.2, 0.25) is 0 Å². The third-order valence-electron chi connectivity index (χ3n) is 3.94. The Bertz CT molecular complexity index is 432. The van der Waals surface area contributed by atoms with E-state index in [9.17, 15) is 4.79 Å². The van der Waals surface area contributed by atoms with Crippen molar-refractivity contribution in [2.75, 3.05) is 63.2 Å². The van der Waals surface area contributed by atoms with Crippen LogP contribution in [0.15, 0.2) is 30.3 Å². The van der Waals surface area contributed by atoms with Crippen molar-refractivity contribution in [3.8, 4) is 0 Å². The molecule has 5 heteroatoms. The van der Waals surface area contributed by atoms with Gasteiger partial charge in [-0.3, -0.25) is 9.69 Å². The zero-order chi connectivity index (χ0) is 15.1. The van der Waals surface area contributed by atoms with Gasteiger partial charge in [0.15, 0.2) is 0 Å². The molecule has 21 heavy (non-hydrogen) atoms. The van der Waals surface area contributed by atoms with Crippen LogP contribution >= 0.6 is 11.8 Å². The highest BCUT2D eigenvalue weighted by Gasteiger charge is 2.17. The Morgan fingerprint density at radius 1 is 1.19 bits per heavy atom. The van der Waals surface area contributed by atoms with E-state index >= 15 is 0 Å². The van der Waals surface area contributed by atoms with E-state index in [0.29, 0.717) is 5.75 Å². The van der Waals surface area contributed by atoms with Crippen molar-refractivity contribution in [1.29, 1.82) is 0 Å². The second kappa shape index (κ2) is 8.29. The lowest BCUT2D eigenvalue weighted by Gasteiger charge is -2.36. The summed E-state index contributed by atoms with van der Waals surface area (Å²) in [6.45, 7) is 6.06. The second-order valence-corrected chi connectivity index (χ2v) is 6.28. The van der Waals surface area contributed by atoms with Crippen LogP contribution in [-0.4, -0.2) is 74.0 Å². The second-order valence-electron chi connectivity index (χ2n) is 5.41. The first-order valence-corrected chi connectivity index (χ1v) is 8.85. The maximum atomic E-state index is 11.7. The summed E-state index contributed by atoms with van der Waals surface area (Å²) in [7, 11) is 1.90. The average molecular weight is 307 g/mol. The van der Waals surface area contributed by atoms with Gasteiger partial charge in [-0.1, -0.05) is 18.2 Å². The number of rotatable bonds is 6. The fourth-order valence-corrected chi connectivity index (χ4v) is 2.99. The molecule has 1 saturated heterocycles. The molecule has 1 aromatic carbocycles. The quantitative estimate of drug-likeness (QED) is 0.798. The fourth-order valence-electron chi connectivity index (χ4n) is 2.52. The molecule has 0 bridgehead atoms. The molecule has 4 nitrogen and oxygen atoms in total. The van der Waals surface area contributed by atoms with Gasteiger partial charge in [0.05, 0.1) is 5.75 Å². The van der Waals surface area contributed by atoms with Gasteiger partial charge in [-0.25, -0.2) is 0 Å².